The lowest BCUT2D eigenvalue weighted by molar-refractivity contribution is 0.370. The number of halogens is 2. The van der Waals surface area contributed by atoms with Gasteiger partial charge in [-0.25, -0.2) is 13.8 Å². The van der Waals surface area contributed by atoms with E-state index in [4.69, 9.17) is 4.98 Å². The molecule has 0 radical (unpaired) electrons. The molecule has 2 aromatic rings. The third kappa shape index (κ3) is 3.95. The highest BCUT2D eigenvalue weighted by Crippen LogP contribution is 2.22. The number of fused-ring (bicyclic) bond motifs is 1. The van der Waals surface area contributed by atoms with Crippen LogP contribution in [-0.4, -0.2) is 53.6 Å². The van der Waals surface area contributed by atoms with Crippen LogP contribution >= 0.6 is 0 Å². The van der Waals surface area contributed by atoms with E-state index in [1.54, 1.807) is 7.05 Å². The van der Waals surface area contributed by atoms with Gasteiger partial charge >= 0.3 is 0 Å². The van der Waals surface area contributed by atoms with Crippen molar-refractivity contribution in [2.45, 2.75) is 32.4 Å². The SMILES string of the molecule is CN=C(NCc1cn2c(n1)CCCC2)N1CCN(c2cc(F)ccc2F)CC1. The normalized spacial score (nSPS) is 17.6. The van der Waals surface area contributed by atoms with Gasteiger partial charge in [-0.1, -0.05) is 0 Å². The van der Waals surface area contributed by atoms with E-state index in [2.05, 4.69) is 26.0 Å². The number of hydrogen-bond donors (Lipinski definition) is 1. The molecule has 2 aliphatic rings. The van der Waals surface area contributed by atoms with Crippen LogP contribution < -0.4 is 10.2 Å². The number of aromatic nitrogens is 2. The molecule has 3 heterocycles. The maximum atomic E-state index is 14.0. The summed E-state index contributed by atoms with van der Waals surface area (Å²) in [5, 5.41) is 3.39. The standard InChI is InChI=1S/C20H26F2N6/c1-23-20(24-13-16-14-28-7-3-2-4-19(28)25-16)27-10-8-26(9-11-27)18-12-15(21)5-6-17(18)22/h5-6,12,14H,2-4,7-11,13H2,1H3,(H,23,24). The predicted molar refractivity (Wildman–Crippen MR) is 106 cm³/mol. The molecular formula is C20H26F2N6. The van der Waals surface area contributed by atoms with E-state index < -0.39 is 5.82 Å². The van der Waals surface area contributed by atoms with Crippen molar-refractivity contribution in [1.82, 2.24) is 19.8 Å². The fourth-order valence-electron chi connectivity index (χ4n) is 3.95. The number of piperazine rings is 1. The largest absolute Gasteiger partial charge is 0.366 e. The van der Waals surface area contributed by atoms with Crippen molar-refractivity contribution < 1.29 is 8.78 Å². The number of nitrogens with zero attached hydrogens (tertiary/aromatic N) is 5. The van der Waals surface area contributed by atoms with Gasteiger partial charge in [0.15, 0.2) is 5.96 Å². The summed E-state index contributed by atoms with van der Waals surface area (Å²) in [6, 6.07) is 3.59. The van der Waals surface area contributed by atoms with E-state index in [-0.39, 0.29) is 5.82 Å². The first-order chi connectivity index (χ1) is 13.6. The highest BCUT2D eigenvalue weighted by atomic mass is 19.1. The summed E-state index contributed by atoms with van der Waals surface area (Å²) >= 11 is 0. The van der Waals surface area contributed by atoms with Gasteiger partial charge in [0, 0.05) is 58.5 Å². The lowest BCUT2D eigenvalue weighted by atomic mass is 10.2. The van der Waals surface area contributed by atoms with Crippen LogP contribution in [0.4, 0.5) is 14.5 Å². The van der Waals surface area contributed by atoms with Crippen molar-refractivity contribution in [2.75, 3.05) is 38.1 Å². The molecule has 2 aliphatic heterocycles. The van der Waals surface area contributed by atoms with Crippen molar-refractivity contribution in [3.05, 3.63) is 47.5 Å². The van der Waals surface area contributed by atoms with Crippen LogP contribution in [0.15, 0.2) is 29.4 Å². The first-order valence-corrected chi connectivity index (χ1v) is 9.84. The highest BCUT2D eigenvalue weighted by Gasteiger charge is 2.22. The second-order valence-electron chi connectivity index (χ2n) is 7.27. The number of rotatable bonds is 3. The first kappa shape index (κ1) is 18.7. The second kappa shape index (κ2) is 8.16. The Labute approximate surface area is 163 Å². The summed E-state index contributed by atoms with van der Waals surface area (Å²) in [4.78, 5) is 13.1. The number of aryl methyl sites for hydroxylation is 2. The van der Waals surface area contributed by atoms with Gasteiger partial charge in [-0.05, 0) is 25.0 Å². The Hall–Kier alpha value is -2.64. The summed E-state index contributed by atoms with van der Waals surface area (Å²) in [6.07, 6.45) is 5.60. The summed E-state index contributed by atoms with van der Waals surface area (Å²) in [5.74, 6) is 1.18. The van der Waals surface area contributed by atoms with E-state index in [0.29, 0.717) is 38.4 Å². The van der Waals surface area contributed by atoms with Crippen LogP contribution in [-0.2, 0) is 19.5 Å². The van der Waals surface area contributed by atoms with Gasteiger partial charge in [0.1, 0.15) is 17.5 Å². The van der Waals surface area contributed by atoms with Crippen LogP contribution in [0.3, 0.4) is 0 Å². The minimum Gasteiger partial charge on any atom is -0.366 e. The molecule has 1 saturated heterocycles. The lowest BCUT2D eigenvalue weighted by Gasteiger charge is -2.37. The zero-order valence-electron chi connectivity index (χ0n) is 16.2. The Bertz CT molecular complexity index is 831. The second-order valence-corrected chi connectivity index (χ2v) is 7.27. The van der Waals surface area contributed by atoms with Crippen LogP contribution in [0, 0.1) is 11.6 Å². The van der Waals surface area contributed by atoms with E-state index in [9.17, 15) is 8.78 Å². The van der Waals surface area contributed by atoms with Crippen molar-refractivity contribution in [3.8, 4) is 0 Å². The maximum absolute atomic E-state index is 14.0. The van der Waals surface area contributed by atoms with E-state index in [1.165, 1.54) is 30.8 Å². The molecule has 6 nitrogen and oxygen atoms in total. The molecule has 1 N–H and O–H groups in total. The molecule has 0 amide bonds. The summed E-state index contributed by atoms with van der Waals surface area (Å²) in [6.45, 7) is 4.28. The molecule has 1 fully saturated rings. The van der Waals surface area contributed by atoms with Crippen molar-refractivity contribution >= 4 is 11.6 Å². The van der Waals surface area contributed by atoms with Gasteiger partial charge in [0.2, 0.25) is 0 Å². The fourth-order valence-corrected chi connectivity index (χ4v) is 3.95. The maximum Gasteiger partial charge on any atom is 0.194 e. The third-order valence-corrected chi connectivity index (χ3v) is 5.43. The number of nitrogens with one attached hydrogen (secondary N) is 1. The van der Waals surface area contributed by atoms with E-state index in [1.807, 2.05) is 4.90 Å². The molecule has 0 unspecified atom stereocenters. The summed E-state index contributed by atoms with van der Waals surface area (Å²) < 4.78 is 29.7. The zero-order valence-corrected chi connectivity index (χ0v) is 16.2. The number of aliphatic imine (C=N–C) groups is 1. The lowest BCUT2D eigenvalue weighted by Crippen LogP contribution is -2.52. The summed E-state index contributed by atoms with van der Waals surface area (Å²) in [5.41, 5.74) is 1.35. The molecule has 28 heavy (non-hydrogen) atoms. The van der Waals surface area contributed by atoms with Gasteiger partial charge < -0.3 is 19.7 Å². The van der Waals surface area contributed by atoms with Gasteiger partial charge in [-0.2, -0.15) is 0 Å². The van der Waals surface area contributed by atoms with Gasteiger partial charge in [0.05, 0.1) is 17.9 Å². The van der Waals surface area contributed by atoms with Crippen LogP contribution in [0.1, 0.15) is 24.4 Å². The molecule has 1 aromatic carbocycles. The molecule has 0 spiro atoms. The Morgan fingerprint density at radius 1 is 1.14 bits per heavy atom. The number of hydrogen-bond acceptors (Lipinski definition) is 3. The smallest absolute Gasteiger partial charge is 0.194 e. The fraction of sp³-hybridized carbons (Fsp3) is 0.500. The predicted octanol–water partition coefficient (Wildman–Crippen LogP) is 2.40. The van der Waals surface area contributed by atoms with Crippen LogP contribution in [0.25, 0.3) is 0 Å². The van der Waals surface area contributed by atoms with Crippen molar-refractivity contribution in [2.24, 2.45) is 4.99 Å². The molecule has 1 aromatic heterocycles. The third-order valence-electron chi connectivity index (χ3n) is 5.43. The molecule has 150 valence electrons. The quantitative estimate of drug-likeness (QED) is 0.648. The monoisotopic (exact) mass is 388 g/mol. The highest BCUT2D eigenvalue weighted by molar-refractivity contribution is 5.80. The Kier molecular flexibility index (Phi) is 5.45. The minimum atomic E-state index is -0.418. The van der Waals surface area contributed by atoms with Crippen LogP contribution in [0.2, 0.25) is 0 Å². The van der Waals surface area contributed by atoms with E-state index >= 15 is 0 Å². The summed E-state index contributed by atoms with van der Waals surface area (Å²) in [7, 11) is 1.76. The van der Waals surface area contributed by atoms with Crippen molar-refractivity contribution in [1.29, 1.82) is 0 Å². The first-order valence-electron chi connectivity index (χ1n) is 9.84. The molecule has 0 atom stereocenters. The average Bonchev–Trinajstić information content (AvgIpc) is 3.14. The Morgan fingerprint density at radius 3 is 2.71 bits per heavy atom. The molecule has 4 rings (SSSR count). The van der Waals surface area contributed by atoms with Gasteiger partial charge in [0.25, 0.3) is 0 Å². The number of guanidine groups is 1. The van der Waals surface area contributed by atoms with Crippen molar-refractivity contribution in [3.63, 3.8) is 0 Å². The molecule has 8 heteroatoms. The minimum absolute atomic E-state index is 0.325. The molecule has 0 bridgehead atoms. The number of anilines is 1. The van der Waals surface area contributed by atoms with Gasteiger partial charge in [-0.15, -0.1) is 0 Å². The molecule has 0 aliphatic carbocycles. The zero-order chi connectivity index (χ0) is 19.5. The number of imidazole rings is 1. The van der Waals surface area contributed by atoms with E-state index in [0.717, 1.165) is 30.7 Å². The topological polar surface area (TPSA) is 48.7 Å². The molecule has 0 saturated carbocycles. The van der Waals surface area contributed by atoms with Gasteiger partial charge in [-0.3, -0.25) is 4.99 Å². The molecular weight excluding hydrogens is 362 g/mol. The Balaban J connectivity index is 1.34. The van der Waals surface area contributed by atoms with Crippen LogP contribution in [0.5, 0.6) is 0 Å². The average molecular weight is 388 g/mol. The Morgan fingerprint density at radius 2 is 1.96 bits per heavy atom. The number of benzene rings is 1.